The van der Waals surface area contributed by atoms with Crippen molar-refractivity contribution >= 4 is 22.6 Å². The molecule has 2 aliphatic heterocycles. The molecule has 0 bridgehead atoms. The average Bonchev–Trinajstić information content (AvgIpc) is 3.36. The summed E-state index contributed by atoms with van der Waals surface area (Å²) in [7, 11) is 0. The third kappa shape index (κ3) is 3.30. The molecule has 2 aliphatic rings. The summed E-state index contributed by atoms with van der Waals surface area (Å²) in [5.41, 5.74) is 1.98. The number of nitrogens with zero attached hydrogens (tertiary/aromatic N) is 3. The van der Waals surface area contributed by atoms with Gasteiger partial charge >= 0.3 is 6.03 Å². The van der Waals surface area contributed by atoms with E-state index >= 15 is 0 Å². The zero-order valence-corrected chi connectivity index (χ0v) is 14.5. The van der Waals surface area contributed by atoms with Crippen molar-refractivity contribution in [2.24, 2.45) is 0 Å². The Kier molecular flexibility index (Phi) is 4.49. The number of benzene rings is 1. The summed E-state index contributed by atoms with van der Waals surface area (Å²) in [5, 5.41) is 3.82. The molecule has 24 heavy (non-hydrogen) atoms. The van der Waals surface area contributed by atoms with Gasteiger partial charge in [-0.25, -0.2) is 4.79 Å². The summed E-state index contributed by atoms with van der Waals surface area (Å²) in [4.78, 5) is 17.0. The summed E-state index contributed by atoms with van der Waals surface area (Å²) in [5.74, 6) is 0. The van der Waals surface area contributed by atoms with Gasteiger partial charge in [0.15, 0.2) is 0 Å². The van der Waals surface area contributed by atoms with Crippen molar-refractivity contribution in [2.45, 2.75) is 25.3 Å². The molecule has 5 nitrogen and oxygen atoms in total. The Morgan fingerprint density at radius 3 is 2.75 bits per heavy atom. The summed E-state index contributed by atoms with van der Waals surface area (Å²) in [6.07, 6.45) is 3.68. The summed E-state index contributed by atoms with van der Waals surface area (Å²) < 4.78 is 4.44. The van der Waals surface area contributed by atoms with Crippen LogP contribution in [0.2, 0.25) is 0 Å². The fraction of sp³-hybridized carbons (Fsp3) is 0.444. The van der Waals surface area contributed by atoms with Crippen LogP contribution in [0.3, 0.4) is 0 Å². The number of hydrogen-bond donors (Lipinski definition) is 1. The molecule has 3 heterocycles. The van der Waals surface area contributed by atoms with Gasteiger partial charge in [0.2, 0.25) is 0 Å². The lowest BCUT2D eigenvalue weighted by Crippen LogP contribution is -2.38. The highest BCUT2D eigenvalue weighted by Crippen LogP contribution is 2.26. The Morgan fingerprint density at radius 2 is 1.96 bits per heavy atom. The van der Waals surface area contributed by atoms with Crippen molar-refractivity contribution in [1.29, 1.82) is 0 Å². The van der Waals surface area contributed by atoms with E-state index in [-0.39, 0.29) is 6.03 Å². The van der Waals surface area contributed by atoms with E-state index in [1.807, 2.05) is 41.3 Å². The Hall–Kier alpha value is -1.92. The third-order valence-corrected chi connectivity index (χ3v) is 5.62. The molecule has 2 aromatic rings. The largest absolute Gasteiger partial charge is 0.323 e. The van der Waals surface area contributed by atoms with Gasteiger partial charge in [-0.3, -0.25) is 10.2 Å². The van der Waals surface area contributed by atoms with Gasteiger partial charge in [-0.2, -0.15) is 4.37 Å². The lowest BCUT2D eigenvalue weighted by Gasteiger charge is -2.23. The Labute approximate surface area is 146 Å². The Morgan fingerprint density at radius 1 is 1.17 bits per heavy atom. The molecular formula is C18H22N4OS. The molecule has 0 saturated carbocycles. The van der Waals surface area contributed by atoms with Crippen LogP contribution < -0.4 is 5.32 Å². The standard InChI is InChI=1S/C18H22N4OS/c23-18(22-11-8-15(13-22)21-9-4-5-10-21)19-17-12-16(20-24-17)14-6-2-1-3-7-14/h1-3,6-7,12,15H,4-5,8-11,13H2,(H,19,23)/t15-/m0/s1. The fourth-order valence-electron chi connectivity index (χ4n) is 3.59. The molecule has 1 aromatic heterocycles. The first-order valence-corrected chi connectivity index (χ1v) is 9.39. The number of urea groups is 1. The highest BCUT2D eigenvalue weighted by Gasteiger charge is 2.31. The number of aromatic nitrogens is 1. The van der Waals surface area contributed by atoms with Crippen molar-refractivity contribution in [3.63, 3.8) is 0 Å². The zero-order valence-electron chi connectivity index (χ0n) is 13.6. The van der Waals surface area contributed by atoms with E-state index in [1.54, 1.807) is 0 Å². The van der Waals surface area contributed by atoms with Crippen LogP contribution in [0, 0.1) is 0 Å². The van der Waals surface area contributed by atoms with E-state index < -0.39 is 0 Å². The number of hydrogen-bond acceptors (Lipinski definition) is 4. The van der Waals surface area contributed by atoms with Crippen molar-refractivity contribution < 1.29 is 4.79 Å². The molecule has 0 unspecified atom stereocenters. The van der Waals surface area contributed by atoms with Gasteiger partial charge in [-0.1, -0.05) is 30.3 Å². The molecule has 0 aliphatic carbocycles. The van der Waals surface area contributed by atoms with Gasteiger partial charge in [0.05, 0.1) is 5.69 Å². The molecular weight excluding hydrogens is 320 g/mol. The van der Waals surface area contributed by atoms with Crippen LogP contribution >= 0.6 is 11.5 Å². The van der Waals surface area contributed by atoms with Crippen LogP contribution in [-0.2, 0) is 0 Å². The quantitative estimate of drug-likeness (QED) is 0.928. The van der Waals surface area contributed by atoms with E-state index in [1.165, 1.54) is 37.5 Å². The normalized spacial score (nSPS) is 21.3. The average molecular weight is 342 g/mol. The zero-order chi connectivity index (χ0) is 16.4. The van der Waals surface area contributed by atoms with Gasteiger partial charge in [-0.05, 0) is 43.9 Å². The molecule has 6 heteroatoms. The summed E-state index contributed by atoms with van der Waals surface area (Å²) >= 11 is 1.34. The minimum Gasteiger partial charge on any atom is -0.323 e. The second-order valence-corrected chi connectivity index (χ2v) is 7.31. The maximum absolute atomic E-state index is 12.5. The van der Waals surface area contributed by atoms with E-state index in [0.29, 0.717) is 6.04 Å². The van der Waals surface area contributed by atoms with Crippen LogP contribution in [0.15, 0.2) is 36.4 Å². The SMILES string of the molecule is O=C(Nc1cc(-c2ccccc2)ns1)N1CC[C@H](N2CCCC2)C1. The van der Waals surface area contributed by atoms with Gasteiger partial charge in [-0.15, -0.1) is 0 Å². The van der Waals surface area contributed by atoms with Crippen molar-refractivity contribution in [3.8, 4) is 11.3 Å². The van der Waals surface area contributed by atoms with E-state index in [2.05, 4.69) is 14.6 Å². The maximum Gasteiger partial charge on any atom is 0.322 e. The molecule has 1 aromatic carbocycles. The van der Waals surface area contributed by atoms with Crippen LogP contribution in [0.1, 0.15) is 19.3 Å². The summed E-state index contributed by atoms with van der Waals surface area (Å²) in [6.45, 7) is 4.07. The van der Waals surface area contributed by atoms with E-state index in [0.717, 1.165) is 35.8 Å². The smallest absolute Gasteiger partial charge is 0.322 e. The molecule has 0 radical (unpaired) electrons. The van der Waals surface area contributed by atoms with Crippen LogP contribution in [0.25, 0.3) is 11.3 Å². The van der Waals surface area contributed by atoms with Gasteiger partial charge in [0.25, 0.3) is 0 Å². The third-order valence-electron chi connectivity index (χ3n) is 4.92. The van der Waals surface area contributed by atoms with Crippen LogP contribution in [-0.4, -0.2) is 52.4 Å². The highest BCUT2D eigenvalue weighted by atomic mass is 32.1. The molecule has 126 valence electrons. The number of carbonyl (C=O) groups excluding carboxylic acids is 1. The fourth-order valence-corrected chi connectivity index (χ4v) is 4.25. The minimum absolute atomic E-state index is 0.0000383. The molecule has 1 atom stereocenters. The number of nitrogens with one attached hydrogen (secondary N) is 1. The first-order chi connectivity index (χ1) is 11.8. The second kappa shape index (κ2) is 6.91. The predicted molar refractivity (Wildman–Crippen MR) is 97.4 cm³/mol. The first kappa shape index (κ1) is 15.6. The molecule has 0 spiro atoms. The first-order valence-electron chi connectivity index (χ1n) is 8.62. The van der Waals surface area contributed by atoms with Crippen molar-refractivity contribution in [2.75, 3.05) is 31.5 Å². The topological polar surface area (TPSA) is 48.5 Å². The Balaban J connectivity index is 1.36. The number of carbonyl (C=O) groups is 1. The number of likely N-dealkylation sites (tertiary alicyclic amines) is 2. The summed E-state index contributed by atoms with van der Waals surface area (Å²) in [6, 6.07) is 12.5. The molecule has 1 N–H and O–H groups in total. The Bertz CT molecular complexity index is 696. The molecule has 2 saturated heterocycles. The predicted octanol–water partition coefficient (Wildman–Crippen LogP) is 3.51. The minimum atomic E-state index is -0.0000383. The monoisotopic (exact) mass is 342 g/mol. The maximum atomic E-state index is 12.5. The van der Waals surface area contributed by atoms with Gasteiger partial charge < -0.3 is 4.90 Å². The lowest BCUT2D eigenvalue weighted by molar-refractivity contribution is 0.210. The van der Waals surface area contributed by atoms with E-state index in [4.69, 9.17) is 0 Å². The molecule has 2 fully saturated rings. The van der Waals surface area contributed by atoms with Gasteiger partial charge in [0.1, 0.15) is 5.00 Å². The number of anilines is 1. The van der Waals surface area contributed by atoms with Crippen molar-refractivity contribution in [3.05, 3.63) is 36.4 Å². The molecule has 4 rings (SSSR count). The van der Waals surface area contributed by atoms with Gasteiger partial charge in [0, 0.05) is 30.8 Å². The molecule has 2 amide bonds. The van der Waals surface area contributed by atoms with Crippen molar-refractivity contribution in [1.82, 2.24) is 14.2 Å². The number of amides is 2. The van der Waals surface area contributed by atoms with E-state index in [9.17, 15) is 4.79 Å². The van der Waals surface area contributed by atoms with Crippen LogP contribution in [0.5, 0.6) is 0 Å². The lowest BCUT2D eigenvalue weighted by atomic mass is 10.2. The van der Waals surface area contributed by atoms with Crippen LogP contribution in [0.4, 0.5) is 9.80 Å². The number of rotatable bonds is 3. The highest BCUT2D eigenvalue weighted by molar-refractivity contribution is 7.10. The second-order valence-electron chi connectivity index (χ2n) is 6.50.